The van der Waals surface area contributed by atoms with Crippen LogP contribution in [0.25, 0.3) is 0 Å². The Balaban J connectivity index is 1.75. The highest BCUT2D eigenvalue weighted by atomic mass is 79.9. The quantitative estimate of drug-likeness (QED) is 0.469. The lowest BCUT2D eigenvalue weighted by atomic mass is 10.2. The molecule has 1 aliphatic rings. The Morgan fingerprint density at radius 3 is 2.80 bits per heavy atom. The van der Waals surface area contributed by atoms with E-state index in [2.05, 4.69) is 26.5 Å². The molecule has 3 rings (SSSR count). The average Bonchev–Trinajstić information content (AvgIpc) is 3.04. The second kappa shape index (κ2) is 6.77. The number of halogens is 1. The van der Waals surface area contributed by atoms with E-state index in [4.69, 9.17) is 9.47 Å². The van der Waals surface area contributed by atoms with Gasteiger partial charge in [-0.3, -0.25) is 14.9 Å². The molecule has 128 valence electrons. The molecule has 0 saturated carbocycles. The number of hydrogen-bond donors (Lipinski definition) is 1. The topological polar surface area (TPSA) is 126 Å². The zero-order chi connectivity index (χ0) is 18.0. The maximum absolute atomic E-state index is 12.0. The third kappa shape index (κ3) is 3.53. The molecule has 0 spiro atoms. The Kier molecular flexibility index (Phi) is 4.52. The number of hydrogen-bond acceptors (Lipinski definition) is 7. The smallest absolute Gasteiger partial charge is 0.271 e. The second-order valence-electron chi connectivity index (χ2n) is 4.87. The number of fused-ring (bicyclic) bond motifs is 1. The van der Waals surface area contributed by atoms with Gasteiger partial charge in [-0.1, -0.05) is 15.9 Å². The van der Waals surface area contributed by atoms with Crippen LogP contribution in [0.4, 0.5) is 5.69 Å². The van der Waals surface area contributed by atoms with Gasteiger partial charge in [0.05, 0.1) is 11.1 Å². The summed E-state index contributed by atoms with van der Waals surface area (Å²) in [6, 6.07) is 7.09. The number of nitrogens with zero attached hydrogens (tertiary/aromatic N) is 2. The molecular formula is C15H9BrN3O6-. The highest BCUT2D eigenvalue weighted by Crippen LogP contribution is 2.32. The fourth-order valence-electron chi connectivity index (χ4n) is 2.09. The Morgan fingerprint density at radius 2 is 2.04 bits per heavy atom. The van der Waals surface area contributed by atoms with E-state index in [0.29, 0.717) is 16.0 Å². The summed E-state index contributed by atoms with van der Waals surface area (Å²) in [5.74, 6) is -0.348. The van der Waals surface area contributed by atoms with Crippen LogP contribution in [-0.4, -0.2) is 23.8 Å². The lowest BCUT2D eigenvalue weighted by molar-refractivity contribution is -0.398. The largest absolute Gasteiger partial charge is 0.867 e. The lowest BCUT2D eigenvalue weighted by Crippen LogP contribution is -2.17. The average molecular weight is 407 g/mol. The summed E-state index contributed by atoms with van der Waals surface area (Å²) in [6.45, 7) is 0.0898. The number of nitrogens with one attached hydrogen (secondary N) is 1. The van der Waals surface area contributed by atoms with Gasteiger partial charge in [0.1, 0.15) is 0 Å². The molecule has 1 heterocycles. The first-order valence-electron chi connectivity index (χ1n) is 6.83. The maximum atomic E-state index is 12.0. The standard InChI is InChI=1S/C15H10BrN3O6/c16-10-3-9(14(20)11(5-10)19(22)23)6-17-18-15(21)8-1-2-12-13(4-8)25-7-24-12/h1-6,20H,7H2,(H,18,21)/p-1/b17-6-. The minimum atomic E-state index is -0.797. The number of nitro benzene ring substituents is 1. The third-order valence-corrected chi connectivity index (χ3v) is 3.72. The molecule has 1 amide bonds. The highest BCUT2D eigenvalue weighted by Gasteiger charge is 2.16. The van der Waals surface area contributed by atoms with Crippen molar-refractivity contribution in [2.75, 3.05) is 6.79 Å². The molecule has 9 nitrogen and oxygen atoms in total. The molecule has 0 fully saturated rings. The molecule has 0 unspecified atom stereocenters. The molecule has 10 heteroatoms. The van der Waals surface area contributed by atoms with Gasteiger partial charge in [0.2, 0.25) is 6.79 Å². The Morgan fingerprint density at radius 1 is 1.28 bits per heavy atom. The molecule has 2 aromatic carbocycles. The molecule has 1 aliphatic heterocycles. The highest BCUT2D eigenvalue weighted by molar-refractivity contribution is 9.10. The van der Waals surface area contributed by atoms with Crippen molar-refractivity contribution in [2.45, 2.75) is 0 Å². The van der Waals surface area contributed by atoms with Gasteiger partial charge in [0.15, 0.2) is 11.5 Å². The molecule has 0 saturated heterocycles. The van der Waals surface area contributed by atoms with E-state index < -0.39 is 22.3 Å². The Bertz CT molecular complexity index is 899. The van der Waals surface area contributed by atoms with Crippen LogP contribution in [0.3, 0.4) is 0 Å². The summed E-state index contributed by atoms with van der Waals surface area (Å²) < 4.78 is 10.7. The molecule has 0 aromatic heterocycles. The zero-order valence-corrected chi connectivity index (χ0v) is 14.0. The first-order valence-corrected chi connectivity index (χ1v) is 7.63. The van der Waals surface area contributed by atoms with E-state index in [1.54, 1.807) is 6.07 Å². The van der Waals surface area contributed by atoms with E-state index in [-0.39, 0.29) is 17.9 Å². The van der Waals surface area contributed by atoms with E-state index in [0.717, 1.165) is 12.3 Å². The SMILES string of the molecule is O=C(N/N=C\c1cc(Br)cc([N+](=O)[O-])c1[O-])c1ccc2c(c1)OCO2. The van der Waals surface area contributed by atoms with Crippen LogP contribution in [-0.2, 0) is 0 Å². The Labute approximate surface area is 149 Å². The predicted molar refractivity (Wildman–Crippen MR) is 87.9 cm³/mol. The summed E-state index contributed by atoms with van der Waals surface area (Å²) in [5, 5.41) is 26.4. The van der Waals surface area contributed by atoms with Crippen molar-refractivity contribution in [3.63, 3.8) is 0 Å². The van der Waals surface area contributed by atoms with Crippen molar-refractivity contribution in [3.8, 4) is 17.2 Å². The van der Waals surface area contributed by atoms with Crippen LogP contribution in [0.15, 0.2) is 39.9 Å². The zero-order valence-electron chi connectivity index (χ0n) is 12.4. The minimum absolute atomic E-state index is 0.0351. The molecule has 0 radical (unpaired) electrons. The van der Waals surface area contributed by atoms with Gasteiger partial charge in [-0.25, -0.2) is 5.43 Å². The van der Waals surface area contributed by atoms with E-state index in [1.165, 1.54) is 18.2 Å². The number of carbonyl (C=O) groups is 1. The molecule has 25 heavy (non-hydrogen) atoms. The van der Waals surface area contributed by atoms with Crippen molar-refractivity contribution in [1.82, 2.24) is 5.43 Å². The van der Waals surface area contributed by atoms with Crippen molar-refractivity contribution in [3.05, 3.63) is 56.0 Å². The van der Waals surface area contributed by atoms with E-state index >= 15 is 0 Å². The summed E-state index contributed by atoms with van der Waals surface area (Å²) in [5.41, 5.74) is 1.91. The van der Waals surface area contributed by atoms with E-state index in [1.807, 2.05) is 0 Å². The summed E-state index contributed by atoms with van der Waals surface area (Å²) in [4.78, 5) is 22.1. The minimum Gasteiger partial charge on any atom is -0.867 e. The van der Waals surface area contributed by atoms with Crippen LogP contribution in [0, 0.1) is 10.1 Å². The number of carbonyl (C=O) groups excluding carboxylic acids is 1. The van der Waals surface area contributed by atoms with Crippen LogP contribution in [0.2, 0.25) is 0 Å². The monoisotopic (exact) mass is 406 g/mol. The number of hydrazone groups is 1. The van der Waals surface area contributed by atoms with Crippen molar-refractivity contribution in [1.29, 1.82) is 0 Å². The van der Waals surface area contributed by atoms with Gasteiger partial charge in [0, 0.05) is 16.1 Å². The van der Waals surface area contributed by atoms with Crippen LogP contribution >= 0.6 is 15.9 Å². The fraction of sp³-hybridized carbons (Fsp3) is 0.0667. The predicted octanol–water partition coefficient (Wildman–Crippen LogP) is 1.92. The number of amides is 1. The summed E-state index contributed by atoms with van der Waals surface area (Å²) in [7, 11) is 0. The normalized spacial score (nSPS) is 12.4. The van der Waals surface area contributed by atoms with Gasteiger partial charge in [-0.15, -0.1) is 0 Å². The second-order valence-corrected chi connectivity index (χ2v) is 5.78. The van der Waals surface area contributed by atoms with Gasteiger partial charge in [-0.05, 0) is 35.6 Å². The third-order valence-electron chi connectivity index (χ3n) is 3.26. The molecule has 1 N–H and O–H groups in total. The van der Waals surface area contributed by atoms with Crippen LogP contribution < -0.4 is 20.0 Å². The van der Waals surface area contributed by atoms with Gasteiger partial charge in [0.25, 0.3) is 11.6 Å². The van der Waals surface area contributed by atoms with Gasteiger partial charge >= 0.3 is 0 Å². The maximum Gasteiger partial charge on any atom is 0.271 e. The van der Waals surface area contributed by atoms with E-state index in [9.17, 15) is 20.0 Å². The number of nitro groups is 1. The number of rotatable bonds is 4. The number of benzene rings is 2. The molecule has 0 bridgehead atoms. The van der Waals surface area contributed by atoms with Crippen molar-refractivity contribution >= 4 is 33.7 Å². The summed E-state index contributed by atoms with van der Waals surface area (Å²) >= 11 is 3.08. The molecular weight excluding hydrogens is 398 g/mol. The summed E-state index contributed by atoms with van der Waals surface area (Å²) in [6.07, 6.45) is 1.05. The van der Waals surface area contributed by atoms with Gasteiger partial charge in [-0.2, -0.15) is 5.10 Å². The molecule has 0 atom stereocenters. The lowest BCUT2D eigenvalue weighted by Gasteiger charge is -2.10. The van der Waals surface area contributed by atoms with Crippen LogP contribution in [0.1, 0.15) is 15.9 Å². The van der Waals surface area contributed by atoms with Crippen LogP contribution in [0.5, 0.6) is 17.2 Å². The fourth-order valence-corrected chi connectivity index (χ4v) is 2.56. The Hall–Kier alpha value is -3.14. The first kappa shape index (κ1) is 16.7. The molecule has 0 aliphatic carbocycles. The number of ether oxygens (including phenoxy) is 2. The van der Waals surface area contributed by atoms with Gasteiger partial charge < -0.3 is 14.6 Å². The van der Waals surface area contributed by atoms with Crippen molar-refractivity contribution in [2.24, 2.45) is 5.10 Å². The molecule has 2 aromatic rings. The van der Waals surface area contributed by atoms with Crippen molar-refractivity contribution < 1.29 is 24.3 Å². The first-order chi connectivity index (χ1) is 12.0.